The van der Waals surface area contributed by atoms with E-state index >= 15 is 0 Å². The molecule has 15 heteroatoms. The quantitative estimate of drug-likeness (QED) is 0.163. The lowest BCUT2D eigenvalue weighted by molar-refractivity contribution is -0.385. The van der Waals surface area contributed by atoms with Crippen molar-refractivity contribution in [3.63, 3.8) is 0 Å². The molecule has 0 fully saturated rings. The minimum Gasteiger partial charge on any atom is -0.345 e. The molecule has 12 nitrogen and oxygen atoms in total. The smallest absolute Gasteiger partial charge is 0.273 e. The van der Waals surface area contributed by atoms with Gasteiger partial charge in [0.05, 0.1) is 17.2 Å². The fourth-order valence-corrected chi connectivity index (χ4v) is 4.96. The van der Waals surface area contributed by atoms with Crippen molar-refractivity contribution in [2.45, 2.75) is 25.5 Å². The zero-order chi connectivity index (χ0) is 26.5. The number of rotatable bonds is 9. The van der Waals surface area contributed by atoms with E-state index in [0.29, 0.717) is 16.1 Å². The molecule has 2 aromatic heterocycles. The van der Waals surface area contributed by atoms with Crippen molar-refractivity contribution >= 4 is 61.7 Å². The molecule has 2 amide bonds. The molecule has 4 rings (SSSR count). The van der Waals surface area contributed by atoms with Gasteiger partial charge in [0.2, 0.25) is 11.0 Å². The zero-order valence-corrected chi connectivity index (χ0v) is 22.7. The molecule has 0 aliphatic rings. The van der Waals surface area contributed by atoms with Crippen LogP contribution >= 0.6 is 39.0 Å². The van der Waals surface area contributed by atoms with Crippen LogP contribution in [0, 0.1) is 24.0 Å². The van der Waals surface area contributed by atoms with Gasteiger partial charge >= 0.3 is 0 Å². The number of carbonyl (C=O) groups excluding carboxylic acids is 2. The van der Waals surface area contributed by atoms with Crippen LogP contribution in [0.1, 0.15) is 26.8 Å². The summed E-state index contributed by atoms with van der Waals surface area (Å²) in [5.41, 5.74) is 1.06. The monoisotopic (exact) mass is 602 g/mol. The van der Waals surface area contributed by atoms with Crippen molar-refractivity contribution in [3.05, 3.63) is 79.0 Å². The summed E-state index contributed by atoms with van der Waals surface area (Å²) in [7, 11) is 0. The highest BCUT2D eigenvalue weighted by Crippen LogP contribution is 2.25. The maximum absolute atomic E-state index is 12.8. The first-order valence-corrected chi connectivity index (χ1v) is 13.3. The largest absolute Gasteiger partial charge is 0.345 e. The molecule has 0 atom stereocenters. The third kappa shape index (κ3) is 6.36. The number of hydrogen-bond acceptors (Lipinski definition) is 10. The molecule has 37 heavy (non-hydrogen) atoms. The number of nitrogens with one attached hydrogen (secondary N) is 2. The van der Waals surface area contributed by atoms with Crippen LogP contribution in [0.25, 0.3) is 5.69 Å². The lowest BCUT2D eigenvalue weighted by Crippen LogP contribution is -2.25. The molecule has 2 N–H and O–H groups in total. The Morgan fingerprint density at radius 2 is 1.86 bits per heavy atom. The topological polar surface area (TPSA) is 158 Å². The van der Waals surface area contributed by atoms with E-state index in [4.69, 9.17) is 0 Å². The van der Waals surface area contributed by atoms with E-state index in [2.05, 4.69) is 47.0 Å². The van der Waals surface area contributed by atoms with E-state index in [-0.39, 0.29) is 35.0 Å². The summed E-state index contributed by atoms with van der Waals surface area (Å²) >= 11 is 5.86. The van der Waals surface area contributed by atoms with Crippen molar-refractivity contribution in [2.75, 3.05) is 11.1 Å². The molecular weight excluding hydrogens is 584 g/mol. The van der Waals surface area contributed by atoms with E-state index in [1.807, 2.05) is 24.3 Å². The number of halogens is 1. The highest BCUT2D eigenvalue weighted by molar-refractivity contribution is 9.10. The number of hydrogen-bond donors (Lipinski definition) is 2. The van der Waals surface area contributed by atoms with Crippen molar-refractivity contribution < 1.29 is 14.5 Å². The molecule has 190 valence electrons. The summed E-state index contributed by atoms with van der Waals surface area (Å²) in [5.74, 6) is -0.289. The maximum Gasteiger partial charge on any atom is 0.273 e. The van der Waals surface area contributed by atoms with Gasteiger partial charge in [0.15, 0.2) is 11.0 Å². The number of aryl methyl sites for hydroxylation is 1. The van der Waals surface area contributed by atoms with Crippen molar-refractivity contribution in [3.8, 4) is 5.69 Å². The normalized spacial score (nSPS) is 10.8. The van der Waals surface area contributed by atoms with Crippen molar-refractivity contribution in [1.82, 2.24) is 30.3 Å². The number of aromatic nitrogens is 5. The number of amides is 2. The molecule has 2 heterocycles. The minimum absolute atomic E-state index is 0.000840. The van der Waals surface area contributed by atoms with Gasteiger partial charge in [-0.15, -0.1) is 20.4 Å². The molecule has 0 spiro atoms. The van der Waals surface area contributed by atoms with Gasteiger partial charge in [-0.2, -0.15) is 0 Å². The van der Waals surface area contributed by atoms with Gasteiger partial charge < -0.3 is 5.32 Å². The van der Waals surface area contributed by atoms with Crippen LogP contribution < -0.4 is 10.6 Å². The SMILES string of the molecule is Cc1nnc(NC(=O)CSc2nnc(CNC(=O)c3cccc([N+](=O)[O-])c3C)n2-c2ccc(Br)cc2)s1. The van der Waals surface area contributed by atoms with Crippen LogP contribution in [0.15, 0.2) is 52.1 Å². The minimum atomic E-state index is -0.526. The summed E-state index contributed by atoms with van der Waals surface area (Å²) in [6, 6.07) is 11.7. The Bertz CT molecular complexity index is 1470. The second-order valence-electron chi connectivity index (χ2n) is 7.56. The van der Waals surface area contributed by atoms with Crippen LogP contribution in [-0.2, 0) is 11.3 Å². The number of nitrogens with zero attached hydrogens (tertiary/aromatic N) is 6. The third-order valence-electron chi connectivity index (χ3n) is 5.04. The summed E-state index contributed by atoms with van der Waals surface area (Å²) in [6.07, 6.45) is 0. The van der Waals surface area contributed by atoms with Crippen molar-refractivity contribution in [1.29, 1.82) is 0 Å². The van der Waals surface area contributed by atoms with Crippen LogP contribution in [0.2, 0.25) is 0 Å². The first-order valence-electron chi connectivity index (χ1n) is 10.7. The first-order chi connectivity index (χ1) is 17.7. The highest BCUT2D eigenvalue weighted by Gasteiger charge is 2.20. The summed E-state index contributed by atoms with van der Waals surface area (Å²) in [4.78, 5) is 36.0. The Kier molecular flexibility index (Phi) is 8.25. The van der Waals surface area contributed by atoms with Crippen molar-refractivity contribution in [2.24, 2.45) is 0 Å². The third-order valence-corrected chi connectivity index (χ3v) is 7.26. The number of benzene rings is 2. The molecule has 0 bridgehead atoms. The highest BCUT2D eigenvalue weighted by atomic mass is 79.9. The van der Waals surface area contributed by atoms with Gasteiger partial charge in [0.25, 0.3) is 11.6 Å². The van der Waals surface area contributed by atoms with Gasteiger partial charge in [-0.3, -0.25) is 29.6 Å². The Balaban J connectivity index is 1.53. The van der Waals surface area contributed by atoms with E-state index in [9.17, 15) is 19.7 Å². The maximum atomic E-state index is 12.8. The molecule has 0 aliphatic carbocycles. The van der Waals surface area contributed by atoms with Crippen LogP contribution in [-0.4, -0.2) is 47.5 Å². The van der Waals surface area contributed by atoms with Crippen LogP contribution in [0.3, 0.4) is 0 Å². The number of nitro benzene ring substituents is 1. The average molecular weight is 603 g/mol. The molecule has 4 aromatic rings. The van der Waals surface area contributed by atoms with E-state index < -0.39 is 10.8 Å². The van der Waals surface area contributed by atoms with E-state index in [0.717, 1.165) is 15.2 Å². The molecule has 0 saturated carbocycles. The molecular formula is C22H19BrN8O4S2. The number of carbonyl (C=O) groups is 2. The van der Waals surface area contributed by atoms with E-state index in [1.165, 1.54) is 48.2 Å². The molecule has 0 unspecified atom stereocenters. The average Bonchev–Trinajstić information content (AvgIpc) is 3.47. The zero-order valence-electron chi connectivity index (χ0n) is 19.5. The summed E-state index contributed by atoms with van der Waals surface area (Å²) in [6.45, 7) is 3.32. The Morgan fingerprint density at radius 3 is 2.54 bits per heavy atom. The predicted octanol–water partition coefficient (Wildman–Crippen LogP) is 4.07. The molecule has 0 aliphatic heterocycles. The number of thioether (sulfide) groups is 1. The van der Waals surface area contributed by atoms with E-state index in [1.54, 1.807) is 11.5 Å². The Morgan fingerprint density at radius 1 is 1.11 bits per heavy atom. The Labute approximate surface area is 227 Å². The lowest BCUT2D eigenvalue weighted by atomic mass is 10.1. The van der Waals surface area contributed by atoms with Gasteiger partial charge in [-0.25, -0.2) is 0 Å². The standard InChI is InChI=1S/C22H19BrN8O4S2/c1-12-16(4-3-5-17(12)31(34)35)20(33)24-10-18-27-29-22(30(18)15-8-6-14(23)7-9-15)36-11-19(32)25-21-28-26-13(2)37-21/h3-9H,10-11H2,1-2H3,(H,24,33)(H,25,28,32). The lowest BCUT2D eigenvalue weighted by Gasteiger charge is -2.12. The number of nitro groups is 1. The van der Waals surface area contributed by atoms with Gasteiger partial charge in [-0.1, -0.05) is 45.1 Å². The summed E-state index contributed by atoms with van der Waals surface area (Å²) < 4.78 is 2.61. The van der Waals surface area contributed by atoms with Gasteiger partial charge in [-0.05, 0) is 44.2 Å². The predicted molar refractivity (Wildman–Crippen MR) is 142 cm³/mol. The molecule has 0 radical (unpaired) electrons. The Hall–Kier alpha value is -3.69. The van der Waals surface area contributed by atoms with Gasteiger partial charge in [0.1, 0.15) is 5.01 Å². The molecule has 2 aromatic carbocycles. The summed E-state index contributed by atoms with van der Waals surface area (Å²) in [5, 5.41) is 34.5. The second-order valence-corrected chi connectivity index (χ2v) is 10.6. The fraction of sp³-hybridized carbons (Fsp3) is 0.182. The van der Waals surface area contributed by atoms with Crippen LogP contribution in [0.5, 0.6) is 0 Å². The van der Waals surface area contributed by atoms with Crippen LogP contribution in [0.4, 0.5) is 10.8 Å². The van der Waals surface area contributed by atoms with Gasteiger partial charge in [0, 0.05) is 27.4 Å². The fourth-order valence-electron chi connectivity index (χ4n) is 3.31. The first kappa shape index (κ1) is 26.4. The second kappa shape index (κ2) is 11.6. The number of anilines is 1. The molecule has 0 saturated heterocycles.